The molecule has 2 heterocycles. The summed E-state index contributed by atoms with van der Waals surface area (Å²) in [5.74, 6) is 0. The number of alkyl halides is 7. The number of nitrogens with one attached hydrogen (secondary N) is 1. The van der Waals surface area contributed by atoms with Crippen LogP contribution in [0.4, 0.5) is 26.3 Å². The highest BCUT2D eigenvalue weighted by molar-refractivity contribution is 14.1. The number of hydrogen-bond donors (Lipinski definition) is 2. The highest BCUT2D eigenvalue weighted by Crippen LogP contribution is 2.44. The van der Waals surface area contributed by atoms with Crippen molar-refractivity contribution in [2.24, 2.45) is 0 Å². The second kappa shape index (κ2) is 7.03. The van der Waals surface area contributed by atoms with Gasteiger partial charge in [0.05, 0.1) is 11.1 Å². The first kappa shape index (κ1) is 20.6. The molecular weight excluding hydrogens is 489 g/mol. The van der Waals surface area contributed by atoms with E-state index < -0.39 is 38.8 Å². The largest absolute Gasteiger partial charge is 0.433 e. The molecular formula is C17H15F6IN2O. The van der Waals surface area contributed by atoms with Crippen LogP contribution >= 0.6 is 22.6 Å². The van der Waals surface area contributed by atoms with E-state index in [0.717, 1.165) is 18.9 Å². The van der Waals surface area contributed by atoms with Crippen molar-refractivity contribution in [3.8, 4) is 0 Å². The van der Waals surface area contributed by atoms with Gasteiger partial charge in [-0.15, -0.1) is 0 Å². The van der Waals surface area contributed by atoms with Gasteiger partial charge in [-0.05, 0) is 43.5 Å². The maximum Gasteiger partial charge on any atom is 0.433 e. The number of fused-ring (bicyclic) bond motifs is 1. The Labute approximate surface area is 164 Å². The molecule has 0 spiro atoms. The van der Waals surface area contributed by atoms with Gasteiger partial charge >= 0.3 is 12.4 Å². The minimum atomic E-state index is -4.94. The summed E-state index contributed by atoms with van der Waals surface area (Å²) in [6.45, 7) is 0.558. The number of rotatable bonds is 2. The fourth-order valence-corrected chi connectivity index (χ4v) is 4.23. The number of pyridine rings is 1. The third-order valence-corrected chi connectivity index (χ3v) is 6.09. The van der Waals surface area contributed by atoms with E-state index in [9.17, 15) is 31.4 Å². The van der Waals surface area contributed by atoms with Crippen molar-refractivity contribution < 1.29 is 31.4 Å². The lowest BCUT2D eigenvalue weighted by atomic mass is 9.91. The quantitative estimate of drug-likeness (QED) is 0.256. The SMILES string of the molecule is O[C@H](c1cc(C(F)(F)F)nc2c(C(F)(F)F)cccc12)[C@@]1(I)CCCCN1. The number of aliphatic hydroxyl groups is 1. The molecule has 0 aliphatic carbocycles. The van der Waals surface area contributed by atoms with E-state index in [0.29, 0.717) is 25.1 Å². The zero-order valence-corrected chi connectivity index (χ0v) is 15.9. The second-order valence-electron chi connectivity index (χ2n) is 6.44. The molecule has 2 aromatic rings. The van der Waals surface area contributed by atoms with Gasteiger partial charge in [-0.2, -0.15) is 26.3 Å². The predicted octanol–water partition coefficient (Wildman–Crippen LogP) is 5.21. The summed E-state index contributed by atoms with van der Waals surface area (Å²) in [5.41, 5.74) is -3.76. The fraction of sp³-hybridized carbons (Fsp3) is 0.471. The number of para-hydroxylation sites is 1. The predicted molar refractivity (Wildman–Crippen MR) is 95.3 cm³/mol. The topological polar surface area (TPSA) is 45.2 Å². The monoisotopic (exact) mass is 504 g/mol. The Balaban J connectivity index is 2.28. The maximum atomic E-state index is 13.3. The first-order valence-electron chi connectivity index (χ1n) is 8.13. The third kappa shape index (κ3) is 4.02. The Hall–Kier alpha value is -1.14. The van der Waals surface area contributed by atoms with Crippen LogP contribution in [0.2, 0.25) is 0 Å². The molecule has 3 nitrogen and oxygen atoms in total. The number of piperidine rings is 1. The average Bonchev–Trinajstić information content (AvgIpc) is 2.58. The minimum absolute atomic E-state index is 0.145. The summed E-state index contributed by atoms with van der Waals surface area (Å²) < 4.78 is 78.8. The Morgan fingerprint density at radius 3 is 2.37 bits per heavy atom. The molecule has 1 aromatic heterocycles. The molecule has 27 heavy (non-hydrogen) atoms. The minimum Gasteiger partial charge on any atom is -0.386 e. The summed E-state index contributed by atoms with van der Waals surface area (Å²) in [6, 6.07) is 3.68. The van der Waals surface area contributed by atoms with Crippen LogP contribution in [0.15, 0.2) is 24.3 Å². The van der Waals surface area contributed by atoms with Crippen LogP contribution in [0, 0.1) is 0 Å². The number of nitrogens with zero attached hydrogens (tertiary/aromatic N) is 1. The standard InChI is InChI=1S/C17H15F6IN2O/c18-16(19,20)11-5-3-4-9-10(8-12(17(21,22)23)26-13(9)11)14(27)15(24)6-1-2-7-25-15/h3-5,8,14,25,27H,1-2,6-7H2/t14-,15-/m1/s1. The van der Waals surface area contributed by atoms with Gasteiger partial charge in [-0.3, -0.25) is 0 Å². The number of benzene rings is 1. The molecule has 1 fully saturated rings. The summed E-state index contributed by atoms with van der Waals surface area (Å²) >= 11 is 1.92. The lowest BCUT2D eigenvalue weighted by Gasteiger charge is -2.38. The van der Waals surface area contributed by atoms with E-state index in [1.165, 1.54) is 6.07 Å². The van der Waals surface area contributed by atoms with Crippen LogP contribution in [0.3, 0.4) is 0 Å². The van der Waals surface area contributed by atoms with Crippen molar-refractivity contribution in [3.05, 3.63) is 41.1 Å². The normalized spacial score (nSPS) is 22.8. The van der Waals surface area contributed by atoms with Crippen LogP contribution in [0.25, 0.3) is 10.9 Å². The highest BCUT2D eigenvalue weighted by Gasteiger charge is 2.42. The smallest absolute Gasteiger partial charge is 0.386 e. The number of aromatic nitrogens is 1. The fourth-order valence-electron chi connectivity index (χ4n) is 3.25. The summed E-state index contributed by atoms with van der Waals surface area (Å²) in [6.07, 6.45) is -9.19. The van der Waals surface area contributed by atoms with E-state index in [-0.39, 0.29) is 10.9 Å². The molecule has 1 aliphatic rings. The van der Waals surface area contributed by atoms with Crippen LogP contribution in [0.1, 0.15) is 42.2 Å². The Morgan fingerprint density at radius 2 is 1.81 bits per heavy atom. The third-order valence-electron chi connectivity index (χ3n) is 4.58. The van der Waals surface area contributed by atoms with Crippen molar-refractivity contribution in [1.82, 2.24) is 10.3 Å². The molecule has 2 N–H and O–H groups in total. The molecule has 0 amide bonds. The Morgan fingerprint density at radius 1 is 1.11 bits per heavy atom. The van der Waals surface area contributed by atoms with Gasteiger partial charge in [-0.25, -0.2) is 4.98 Å². The number of aliphatic hydroxyl groups excluding tert-OH is 1. The van der Waals surface area contributed by atoms with Crippen LogP contribution in [0.5, 0.6) is 0 Å². The first-order chi connectivity index (χ1) is 12.4. The van der Waals surface area contributed by atoms with Crippen LogP contribution in [-0.4, -0.2) is 20.2 Å². The van der Waals surface area contributed by atoms with Crippen molar-refractivity contribution in [2.45, 2.75) is 41.3 Å². The lowest BCUT2D eigenvalue weighted by Crippen LogP contribution is -2.47. The van der Waals surface area contributed by atoms with Crippen LogP contribution < -0.4 is 5.32 Å². The van der Waals surface area contributed by atoms with Crippen molar-refractivity contribution in [1.29, 1.82) is 0 Å². The zero-order chi connectivity index (χ0) is 20.0. The first-order valence-corrected chi connectivity index (χ1v) is 9.21. The molecule has 10 heteroatoms. The molecule has 0 bridgehead atoms. The second-order valence-corrected chi connectivity index (χ2v) is 8.37. The highest BCUT2D eigenvalue weighted by atomic mass is 127. The van der Waals surface area contributed by atoms with E-state index in [1.54, 1.807) is 0 Å². The molecule has 2 atom stereocenters. The van der Waals surface area contributed by atoms with Gasteiger partial charge < -0.3 is 10.4 Å². The average molecular weight is 504 g/mol. The molecule has 0 radical (unpaired) electrons. The van der Waals surface area contributed by atoms with E-state index >= 15 is 0 Å². The van der Waals surface area contributed by atoms with Gasteiger partial charge in [0, 0.05) is 5.39 Å². The molecule has 3 rings (SSSR count). The molecule has 148 valence electrons. The summed E-state index contributed by atoms with van der Waals surface area (Å²) in [7, 11) is 0. The van der Waals surface area contributed by atoms with Gasteiger partial charge in [0.1, 0.15) is 15.3 Å². The van der Waals surface area contributed by atoms with Crippen LogP contribution in [-0.2, 0) is 12.4 Å². The van der Waals surface area contributed by atoms with Crippen molar-refractivity contribution in [2.75, 3.05) is 6.54 Å². The van der Waals surface area contributed by atoms with Gasteiger partial charge in [0.25, 0.3) is 0 Å². The molecule has 1 aliphatic heterocycles. The summed E-state index contributed by atoms with van der Waals surface area (Å²) in [5, 5.41) is 13.8. The molecule has 0 saturated carbocycles. The number of halogens is 7. The maximum absolute atomic E-state index is 13.3. The van der Waals surface area contributed by atoms with Crippen molar-refractivity contribution in [3.63, 3.8) is 0 Å². The summed E-state index contributed by atoms with van der Waals surface area (Å²) in [4.78, 5) is 3.24. The van der Waals surface area contributed by atoms with Gasteiger partial charge in [0.15, 0.2) is 0 Å². The van der Waals surface area contributed by atoms with Gasteiger partial charge in [-0.1, -0.05) is 34.7 Å². The lowest BCUT2D eigenvalue weighted by molar-refractivity contribution is -0.142. The zero-order valence-electron chi connectivity index (χ0n) is 13.8. The molecule has 0 unspecified atom stereocenters. The van der Waals surface area contributed by atoms with Gasteiger partial charge in [0.2, 0.25) is 0 Å². The Bertz CT molecular complexity index is 846. The Kier molecular flexibility index (Phi) is 5.36. The molecule has 1 saturated heterocycles. The number of hydrogen-bond acceptors (Lipinski definition) is 3. The van der Waals surface area contributed by atoms with E-state index in [2.05, 4.69) is 10.3 Å². The van der Waals surface area contributed by atoms with E-state index in [1.807, 2.05) is 22.6 Å². The van der Waals surface area contributed by atoms with Crippen molar-refractivity contribution >= 4 is 33.5 Å². The van der Waals surface area contributed by atoms with E-state index in [4.69, 9.17) is 0 Å². The molecule has 1 aromatic carbocycles.